The van der Waals surface area contributed by atoms with Gasteiger partial charge in [-0.15, -0.1) is 13.2 Å². The molecule has 1 atom stereocenters. The Morgan fingerprint density at radius 3 is 2.63 bits per heavy atom. The van der Waals surface area contributed by atoms with Gasteiger partial charge in [-0.2, -0.15) is 9.82 Å². The first-order valence-electron chi connectivity index (χ1n) is 12.5. The van der Waals surface area contributed by atoms with E-state index in [-0.39, 0.29) is 11.1 Å². The molecule has 41 heavy (non-hydrogen) atoms. The Bertz CT molecular complexity index is 1490. The first-order valence-corrected chi connectivity index (χ1v) is 14.1. The number of aryl methyl sites for hydroxylation is 3. The Balaban J connectivity index is 1.28. The number of pyridine rings is 1. The molecule has 12 nitrogen and oxygen atoms in total. The topological polar surface area (TPSA) is 165 Å². The normalized spacial score (nSPS) is 14.0. The number of rotatable bonds is 12. The third-order valence-corrected chi connectivity index (χ3v) is 7.40. The highest BCUT2D eigenvalue weighted by Gasteiger charge is 2.31. The van der Waals surface area contributed by atoms with Crippen molar-refractivity contribution in [1.29, 1.82) is 0 Å². The molecule has 1 amide bonds. The van der Waals surface area contributed by atoms with Crippen molar-refractivity contribution in [2.45, 2.75) is 44.0 Å². The Hall–Kier alpha value is -4.18. The second-order valence-corrected chi connectivity index (χ2v) is 11.0. The number of alkyl halides is 3. The van der Waals surface area contributed by atoms with Gasteiger partial charge in [-0.05, 0) is 42.2 Å². The second kappa shape index (κ2) is 12.6. The number of carbonyl (C=O) groups excluding carboxylic acids is 1. The maximum atomic E-state index is 12.6. The van der Waals surface area contributed by atoms with E-state index < -0.39 is 52.4 Å². The summed E-state index contributed by atoms with van der Waals surface area (Å²) in [4.78, 5) is 28.8. The van der Waals surface area contributed by atoms with E-state index in [4.69, 9.17) is 0 Å². The van der Waals surface area contributed by atoms with Crippen LogP contribution in [-0.2, 0) is 40.0 Å². The molecule has 4 rings (SSSR count). The number of aliphatic carboxylic acids is 1. The van der Waals surface area contributed by atoms with Crippen molar-refractivity contribution in [3.05, 3.63) is 71.2 Å². The molecule has 3 aromatic rings. The minimum atomic E-state index is -4.90. The summed E-state index contributed by atoms with van der Waals surface area (Å²) in [5.74, 6) is -2.55. The minimum absolute atomic E-state index is 0.0921. The van der Waals surface area contributed by atoms with Gasteiger partial charge in [0, 0.05) is 37.9 Å². The van der Waals surface area contributed by atoms with Crippen molar-refractivity contribution in [1.82, 2.24) is 24.8 Å². The standard InChI is InChI=1S/C25H27F3N6O6S/c26-25(27,28)40-20-7-3-16(4-8-20)15-41(38,39)33-21(24(36)37)13-30-23(35)18-12-31-34(14-18)11-9-19-6-5-17-2-1-10-29-22(17)32-19/h3-8,12,14,21,33H,1-2,9-11,13,15H2,(H,29,32)(H,30,35)(H,36,37)/t21-/m0/s1. The Morgan fingerprint density at radius 1 is 1.17 bits per heavy atom. The monoisotopic (exact) mass is 596 g/mol. The van der Waals surface area contributed by atoms with Crippen LogP contribution in [0, 0.1) is 0 Å². The molecule has 0 fully saturated rings. The molecule has 0 unspecified atom stereocenters. The highest BCUT2D eigenvalue weighted by molar-refractivity contribution is 7.88. The number of carbonyl (C=O) groups is 2. The van der Waals surface area contributed by atoms with Crippen LogP contribution in [0.2, 0.25) is 0 Å². The highest BCUT2D eigenvalue weighted by Crippen LogP contribution is 2.23. The van der Waals surface area contributed by atoms with Crippen LogP contribution in [-0.4, -0.2) is 65.7 Å². The van der Waals surface area contributed by atoms with Crippen molar-refractivity contribution in [2.24, 2.45) is 0 Å². The maximum absolute atomic E-state index is 12.6. The first kappa shape index (κ1) is 29.8. The van der Waals surface area contributed by atoms with Crippen LogP contribution in [0.25, 0.3) is 0 Å². The zero-order chi connectivity index (χ0) is 29.6. The zero-order valence-electron chi connectivity index (χ0n) is 21.5. The molecule has 1 aliphatic rings. The lowest BCUT2D eigenvalue weighted by atomic mass is 10.1. The Morgan fingerprint density at radius 2 is 1.93 bits per heavy atom. The van der Waals surface area contributed by atoms with Gasteiger partial charge in [0.25, 0.3) is 5.91 Å². The predicted octanol–water partition coefficient (Wildman–Crippen LogP) is 2.08. The molecular weight excluding hydrogens is 569 g/mol. The van der Waals surface area contributed by atoms with Gasteiger partial charge in [0.05, 0.1) is 17.5 Å². The zero-order valence-corrected chi connectivity index (χ0v) is 22.3. The fourth-order valence-electron chi connectivity index (χ4n) is 4.08. The largest absolute Gasteiger partial charge is 0.573 e. The number of hydrogen-bond donors (Lipinski definition) is 4. The van der Waals surface area contributed by atoms with Gasteiger partial charge in [0.2, 0.25) is 10.0 Å². The molecule has 2 aromatic heterocycles. The van der Waals surface area contributed by atoms with Gasteiger partial charge >= 0.3 is 12.3 Å². The summed E-state index contributed by atoms with van der Waals surface area (Å²) in [6.45, 7) is 0.756. The summed E-state index contributed by atoms with van der Waals surface area (Å²) in [7, 11) is -4.25. The van der Waals surface area contributed by atoms with E-state index in [2.05, 4.69) is 25.5 Å². The summed E-state index contributed by atoms with van der Waals surface area (Å²) in [5, 5.41) is 19.3. The van der Waals surface area contributed by atoms with E-state index in [0.29, 0.717) is 13.0 Å². The number of anilines is 1. The molecule has 0 aliphatic carbocycles. The maximum Gasteiger partial charge on any atom is 0.573 e. The van der Waals surface area contributed by atoms with Gasteiger partial charge in [0.1, 0.15) is 17.6 Å². The molecular formula is C25H27F3N6O6S. The number of benzene rings is 1. The van der Waals surface area contributed by atoms with Crippen molar-refractivity contribution in [2.75, 3.05) is 18.4 Å². The van der Waals surface area contributed by atoms with Crippen LogP contribution in [0.5, 0.6) is 5.75 Å². The fraction of sp³-hybridized carbons (Fsp3) is 0.360. The van der Waals surface area contributed by atoms with Crippen molar-refractivity contribution in [3.8, 4) is 5.75 Å². The van der Waals surface area contributed by atoms with Crippen LogP contribution < -0.4 is 20.1 Å². The summed E-state index contributed by atoms with van der Waals surface area (Å²) < 4.78 is 69.1. The van der Waals surface area contributed by atoms with E-state index in [9.17, 15) is 36.3 Å². The molecule has 1 aliphatic heterocycles. The number of hydrogen-bond acceptors (Lipinski definition) is 8. The lowest BCUT2D eigenvalue weighted by Crippen LogP contribution is -2.48. The van der Waals surface area contributed by atoms with Crippen molar-refractivity contribution in [3.63, 3.8) is 0 Å². The average molecular weight is 597 g/mol. The summed E-state index contributed by atoms with van der Waals surface area (Å²) in [5.41, 5.74) is 2.28. The molecule has 0 radical (unpaired) electrons. The number of amides is 1. The number of fused-ring (bicyclic) bond motifs is 1. The Kier molecular flexibility index (Phi) is 9.12. The average Bonchev–Trinajstić information content (AvgIpc) is 3.39. The van der Waals surface area contributed by atoms with E-state index in [1.807, 2.05) is 16.9 Å². The van der Waals surface area contributed by atoms with Crippen LogP contribution in [0.3, 0.4) is 0 Å². The molecule has 0 saturated heterocycles. The molecule has 4 N–H and O–H groups in total. The quantitative estimate of drug-likeness (QED) is 0.245. The van der Waals surface area contributed by atoms with Crippen LogP contribution in [0.1, 0.15) is 33.6 Å². The first-order chi connectivity index (χ1) is 19.4. The van der Waals surface area contributed by atoms with E-state index in [0.717, 1.165) is 55.2 Å². The van der Waals surface area contributed by atoms with Gasteiger partial charge < -0.3 is 20.5 Å². The van der Waals surface area contributed by atoms with Crippen molar-refractivity contribution < 1.29 is 41.0 Å². The molecule has 220 valence electrons. The fourth-order valence-corrected chi connectivity index (χ4v) is 5.41. The number of nitrogens with zero attached hydrogens (tertiary/aromatic N) is 3. The SMILES string of the molecule is O=C(NC[C@H](NS(=O)(=O)Cc1ccc(OC(F)(F)F)cc1)C(=O)O)c1cnn(CCc2ccc3c(n2)NCCC3)c1. The van der Waals surface area contributed by atoms with Crippen molar-refractivity contribution >= 4 is 27.7 Å². The predicted molar refractivity (Wildman–Crippen MR) is 140 cm³/mol. The smallest absolute Gasteiger partial charge is 0.480 e. The highest BCUT2D eigenvalue weighted by atomic mass is 32.2. The van der Waals surface area contributed by atoms with Gasteiger partial charge in [-0.1, -0.05) is 18.2 Å². The lowest BCUT2D eigenvalue weighted by molar-refractivity contribution is -0.274. The Labute approximate surface area is 233 Å². The van der Waals surface area contributed by atoms with Gasteiger partial charge in [0.15, 0.2) is 0 Å². The molecule has 1 aromatic carbocycles. The second-order valence-electron chi connectivity index (χ2n) is 9.25. The van der Waals surface area contributed by atoms with Crippen LogP contribution in [0.4, 0.5) is 19.0 Å². The van der Waals surface area contributed by atoms with E-state index >= 15 is 0 Å². The van der Waals surface area contributed by atoms with Gasteiger partial charge in [-0.3, -0.25) is 14.3 Å². The van der Waals surface area contributed by atoms with E-state index in [1.54, 1.807) is 4.68 Å². The third-order valence-electron chi connectivity index (χ3n) is 6.04. The van der Waals surface area contributed by atoms with Gasteiger partial charge in [-0.25, -0.2) is 13.4 Å². The summed E-state index contributed by atoms with van der Waals surface area (Å²) >= 11 is 0. The number of sulfonamides is 1. The summed E-state index contributed by atoms with van der Waals surface area (Å²) in [6.07, 6.45) is 0.506. The molecule has 0 saturated carbocycles. The van der Waals surface area contributed by atoms with Crippen LogP contribution >= 0.6 is 0 Å². The molecule has 0 spiro atoms. The van der Waals surface area contributed by atoms with Crippen LogP contribution in [0.15, 0.2) is 48.8 Å². The number of halogens is 3. The minimum Gasteiger partial charge on any atom is -0.480 e. The molecule has 3 heterocycles. The number of carboxylic acids is 1. The third kappa shape index (κ3) is 8.91. The lowest BCUT2D eigenvalue weighted by Gasteiger charge is -2.17. The number of ether oxygens (including phenoxy) is 1. The molecule has 0 bridgehead atoms. The molecule has 16 heteroatoms. The number of carboxylic acid groups (broad SMARTS) is 1. The summed E-state index contributed by atoms with van der Waals surface area (Å²) in [6, 6.07) is 6.38. The number of aromatic nitrogens is 3. The number of nitrogens with one attached hydrogen (secondary N) is 3. The van der Waals surface area contributed by atoms with E-state index in [1.165, 1.54) is 18.0 Å².